The highest BCUT2D eigenvalue weighted by Crippen LogP contribution is 2.41. The molecule has 0 aliphatic heterocycles. The Labute approximate surface area is 183 Å². The van der Waals surface area contributed by atoms with Crippen LogP contribution in [0.1, 0.15) is 66.3 Å². The van der Waals surface area contributed by atoms with Gasteiger partial charge in [-0.25, -0.2) is 8.42 Å². The zero-order valence-corrected chi connectivity index (χ0v) is 18.7. The SMILES string of the molecule is Cc1nc(C(C)(CC(=O)c2cc(OCC(F)(F)F)c(C3CCC3)cn2)CS(C)(=O)=O)no1. The largest absolute Gasteiger partial charge is 0.484 e. The summed E-state index contributed by atoms with van der Waals surface area (Å²) in [7, 11) is -3.54. The van der Waals surface area contributed by atoms with E-state index in [9.17, 15) is 26.4 Å². The Balaban J connectivity index is 1.90. The van der Waals surface area contributed by atoms with Crippen LogP contribution in [-0.2, 0) is 15.3 Å². The maximum Gasteiger partial charge on any atom is 0.422 e. The van der Waals surface area contributed by atoms with Crippen LogP contribution >= 0.6 is 0 Å². The van der Waals surface area contributed by atoms with Gasteiger partial charge in [0.25, 0.3) is 0 Å². The van der Waals surface area contributed by atoms with Crippen molar-refractivity contribution in [2.75, 3.05) is 18.6 Å². The fraction of sp³-hybridized carbons (Fsp3) is 0.600. The third kappa shape index (κ3) is 6.05. The summed E-state index contributed by atoms with van der Waals surface area (Å²) in [4.78, 5) is 21.2. The van der Waals surface area contributed by atoms with E-state index in [0.717, 1.165) is 25.5 Å². The van der Waals surface area contributed by atoms with Gasteiger partial charge in [-0.2, -0.15) is 18.2 Å². The van der Waals surface area contributed by atoms with Gasteiger partial charge in [0.15, 0.2) is 18.2 Å². The van der Waals surface area contributed by atoms with Gasteiger partial charge < -0.3 is 9.26 Å². The molecule has 1 saturated carbocycles. The van der Waals surface area contributed by atoms with Crippen LogP contribution in [0, 0.1) is 6.92 Å². The maximum absolute atomic E-state index is 13.0. The van der Waals surface area contributed by atoms with Gasteiger partial charge in [-0.1, -0.05) is 18.5 Å². The standard InChI is InChI=1S/C20H24F3N3O5S/c1-12-25-18(26-31-12)19(2,11-32(3,28)29)8-16(27)15-7-17(30-10-20(21,22)23)14(9-24-15)13-5-4-6-13/h7,9,13H,4-6,8,10-11H2,1-3H3. The van der Waals surface area contributed by atoms with Crippen LogP contribution in [0.5, 0.6) is 5.75 Å². The molecule has 8 nitrogen and oxygen atoms in total. The number of carbonyl (C=O) groups excluding carboxylic acids is 1. The molecule has 2 aromatic heterocycles. The first-order valence-corrected chi connectivity index (χ1v) is 12.0. The van der Waals surface area contributed by atoms with Gasteiger partial charge >= 0.3 is 6.18 Å². The number of hydrogen-bond donors (Lipinski definition) is 0. The lowest BCUT2D eigenvalue weighted by molar-refractivity contribution is -0.153. The second-order valence-corrected chi connectivity index (χ2v) is 10.6. The van der Waals surface area contributed by atoms with Gasteiger partial charge in [-0.05, 0) is 18.8 Å². The summed E-state index contributed by atoms with van der Waals surface area (Å²) < 4.78 is 72.1. The molecule has 12 heteroatoms. The van der Waals surface area contributed by atoms with E-state index < -0.39 is 39.6 Å². The number of halogens is 3. The molecule has 0 spiro atoms. The Hall–Kier alpha value is -2.50. The van der Waals surface area contributed by atoms with Crippen molar-refractivity contribution >= 4 is 15.6 Å². The molecule has 0 radical (unpaired) electrons. The van der Waals surface area contributed by atoms with Crippen molar-refractivity contribution < 1.29 is 35.6 Å². The number of pyridine rings is 1. The van der Waals surface area contributed by atoms with Gasteiger partial charge in [-0.3, -0.25) is 9.78 Å². The number of alkyl halides is 3. The fourth-order valence-corrected chi connectivity index (χ4v) is 5.06. The average molecular weight is 475 g/mol. The molecule has 1 aliphatic rings. The molecule has 2 heterocycles. The number of rotatable bonds is 9. The molecule has 0 N–H and O–H groups in total. The quantitative estimate of drug-likeness (QED) is 0.506. The second-order valence-electron chi connectivity index (χ2n) is 8.51. The first-order valence-electron chi connectivity index (χ1n) is 9.97. The normalized spacial score (nSPS) is 16.9. The predicted molar refractivity (Wildman–Crippen MR) is 107 cm³/mol. The maximum atomic E-state index is 13.0. The predicted octanol–water partition coefficient (Wildman–Crippen LogP) is 3.56. The zero-order chi connectivity index (χ0) is 23.7. The Kier molecular flexibility index (Phi) is 6.64. The van der Waals surface area contributed by atoms with Crippen LogP contribution in [0.15, 0.2) is 16.8 Å². The summed E-state index contributed by atoms with van der Waals surface area (Å²) in [6.07, 6.45) is 0.0922. The molecule has 1 unspecified atom stereocenters. The first kappa shape index (κ1) is 24.1. The van der Waals surface area contributed by atoms with Crippen molar-refractivity contribution in [3.63, 3.8) is 0 Å². The molecule has 3 rings (SSSR count). The van der Waals surface area contributed by atoms with E-state index in [1.54, 1.807) is 0 Å². The van der Waals surface area contributed by atoms with Crippen molar-refractivity contribution in [2.45, 2.75) is 57.0 Å². The lowest BCUT2D eigenvalue weighted by Gasteiger charge is -2.28. The Morgan fingerprint density at radius 2 is 2.00 bits per heavy atom. The van der Waals surface area contributed by atoms with Crippen molar-refractivity contribution in [1.29, 1.82) is 0 Å². The molecule has 0 saturated heterocycles. The topological polar surface area (TPSA) is 112 Å². The minimum absolute atomic E-state index is 0.0349. The summed E-state index contributed by atoms with van der Waals surface area (Å²) in [5, 5.41) is 3.78. The van der Waals surface area contributed by atoms with E-state index in [4.69, 9.17) is 9.26 Å². The number of nitrogens with zero attached hydrogens (tertiary/aromatic N) is 3. The molecule has 2 aromatic rings. The van der Waals surface area contributed by atoms with E-state index in [2.05, 4.69) is 15.1 Å². The lowest BCUT2D eigenvalue weighted by atomic mass is 9.80. The van der Waals surface area contributed by atoms with E-state index >= 15 is 0 Å². The number of sulfone groups is 1. The second kappa shape index (κ2) is 8.80. The first-order chi connectivity index (χ1) is 14.8. The number of hydrogen-bond acceptors (Lipinski definition) is 8. The molecular formula is C20H24F3N3O5S. The number of carbonyl (C=O) groups is 1. The highest BCUT2D eigenvalue weighted by molar-refractivity contribution is 7.90. The minimum Gasteiger partial charge on any atom is -0.484 e. The average Bonchev–Trinajstić information content (AvgIpc) is 3.04. The zero-order valence-electron chi connectivity index (χ0n) is 17.9. The van der Waals surface area contributed by atoms with Crippen LogP contribution in [0.2, 0.25) is 0 Å². The third-order valence-corrected chi connectivity index (χ3v) is 6.48. The summed E-state index contributed by atoms with van der Waals surface area (Å²) in [6, 6.07) is 1.20. The molecule has 1 atom stereocenters. The highest BCUT2D eigenvalue weighted by Gasteiger charge is 2.39. The van der Waals surface area contributed by atoms with Crippen LogP contribution < -0.4 is 4.74 Å². The van der Waals surface area contributed by atoms with Crippen LogP contribution in [0.25, 0.3) is 0 Å². The van der Waals surface area contributed by atoms with Gasteiger partial charge in [0.05, 0.1) is 11.2 Å². The molecule has 1 aliphatic carbocycles. The van der Waals surface area contributed by atoms with Crippen LogP contribution in [0.3, 0.4) is 0 Å². The van der Waals surface area contributed by atoms with Gasteiger partial charge in [0, 0.05) is 37.4 Å². The Bertz CT molecular complexity index is 1100. The Morgan fingerprint density at radius 1 is 1.31 bits per heavy atom. The minimum atomic E-state index is -4.53. The molecular weight excluding hydrogens is 451 g/mol. The number of Topliss-reactive ketones (excluding diaryl/α,β-unsaturated/α-hetero) is 1. The summed E-state index contributed by atoms with van der Waals surface area (Å²) >= 11 is 0. The van der Waals surface area contributed by atoms with Gasteiger partial charge in [0.2, 0.25) is 5.89 Å². The molecule has 1 fully saturated rings. The van der Waals surface area contributed by atoms with Crippen molar-refractivity contribution in [3.8, 4) is 5.75 Å². The smallest absolute Gasteiger partial charge is 0.422 e. The molecule has 176 valence electrons. The number of aromatic nitrogens is 3. The molecule has 0 aromatic carbocycles. The molecule has 32 heavy (non-hydrogen) atoms. The highest BCUT2D eigenvalue weighted by atomic mass is 32.2. The van der Waals surface area contributed by atoms with Crippen molar-refractivity contribution in [2.24, 2.45) is 0 Å². The van der Waals surface area contributed by atoms with E-state index in [1.807, 2.05) is 0 Å². The van der Waals surface area contributed by atoms with Crippen LogP contribution in [-0.4, -0.2) is 54.1 Å². The fourth-order valence-electron chi connectivity index (χ4n) is 3.67. The van der Waals surface area contributed by atoms with Crippen LogP contribution in [0.4, 0.5) is 13.2 Å². The Morgan fingerprint density at radius 3 is 2.50 bits per heavy atom. The number of ether oxygens (including phenoxy) is 1. The van der Waals surface area contributed by atoms with Crippen molar-refractivity contribution in [1.82, 2.24) is 15.1 Å². The number of ketones is 1. The number of aryl methyl sites for hydroxylation is 1. The summed E-state index contributed by atoms with van der Waals surface area (Å²) in [5.74, 6) is -0.747. The van der Waals surface area contributed by atoms with Crippen molar-refractivity contribution in [3.05, 3.63) is 35.2 Å². The lowest BCUT2D eigenvalue weighted by Crippen LogP contribution is -2.35. The summed E-state index contributed by atoms with van der Waals surface area (Å²) in [5.41, 5.74) is -0.904. The third-order valence-electron chi connectivity index (χ3n) is 5.32. The van der Waals surface area contributed by atoms with Gasteiger partial charge in [-0.15, -0.1) is 0 Å². The van der Waals surface area contributed by atoms with Gasteiger partial charge in [0.1, 0.15) is 21.3 Å². The van der Waals surface area contributed by atoms with E-state index in [-0.39, 0.29) is 35.5 Å². The molecule has 0 bridgehead atoms. The van der Waals surface area contributed by atoms with E-state index in [1.165, 1.54) is 26.1 Å². The van der Waals surface area contributed by atoms with E-state index in [0.29, 0.717) is 5.56 Å². The monoisotopic (exact) mass is 475 g/mol. The molecule has 0 amide bonds. The summed E-state index contributed by atoms with van der Waals surface area (Å²) in [6.45, 7) is 1.56.